The van der Waals surface area contributed by atoms with E-state index < -0.39 is 0 Å². The Morgan fingerprint density at radius 1 is 0.408 bits per heavy atom. The van der Waals surface area contributed by atoms with Gasteiger partial charge in [-0.15, -0.1) is 11.3 Å². The summed E-state index contributed by atoms with van der Waals surface area (Å²) in [6.45, 7) is 0. The SMILES string of the molecule is c1ccc(-c2sc3c(c(-c4ccccc4)nc4ccc(-c5cc(-c6ccccn6)nc(-c6ccccn6)c5)cc43)c2-c2ccccc2)cc1. The van der Waals surface area contributed by atoms with Gasteiger partial charge < -0.3 is 0 Å². The van der Waals surface area contributed by atoms with Gasteiger partial charge in [0, 0.05) is 43.9 Å². The molecule has 4 aromatic carbocycles. The first-order valence-electron chi connectivity index (χ1n) is 16.2. The summed E-state index contributed by atoms with van der Waals surface area (Å²) in [4.78, 5) is 20.9. The van der Waals surface area contributed by atoms with E-state index >= 15 is 0 Å². The first-order valence-corrected chi connectivity index (χ1v) is 17.0. The third-order valence-electron chi connectivity index (χ3n) is 8.78. The van der Waals surface area contributed by atoms with Crippen molar-refractivity contribution in [2.75, 3.05) is 0 Å². The van der Waals surface area contributed by atoms with Crippen molar-refractivity contribution >= 4 is 32.3 Å². The van der Waals surface area contributed by atoms with Crippen molar-refractivity contribution in [3.8, 4) is 66.7 Å². The van der Waals surface area contributed by atoms with E-state index in [1.54, 1.807) is 12.4 Å². The number of thiophene rings is 1. The Bertz CT molecular complexity index is 2510. The van der Waals surface area contributed by atoms with Crippen molar-refractivity contribution in [1.82, 2.24) is 19.9 Å². The van der Waals surface area contributed by atoms with Gasteiger partial charge in [-0.05, 0) is 70.8 Å². The maximum atomic E-state index is 5.41. The number of aromatic nitrogens is 4. The van der Waals surface area contributed by atoms with Gasteiger partial charge in [0.1, 0.15) is 0 Å². The van der Waals surface area contributed by atoms with Crippen LogP contribution in [-0.4, -0.2) is 19.9 Å². The minimum atomic E-state index is 0.801. The van der Waals surface area contributed by atoms with Crippen LogP contribution in [0.4, 0.5) is 0 Å². The maximum absolute atomic E-state index is 5.41. The van der Waals surface area contributed by atoms with Gasteiger partial charge in [0.2, 0.25) is 0 Å². The van der Waals surface area contributed by atoms with Crippen LogP contribution in [0.3, 0.4) is 0 Å². The van der Waals surface area contributed by atoms with Crippen molar-refractivity contribution in [3.63, 3.8) is 0 Å². The molecule has 0 N–H and O–H groups in total. The molecule has 0 saturated carbocycles. The zero-order valence-electron chi connectivity index (χ0n) is 26.4. The molecule has 49 heavy (non-hydrogen) atoms. The molecule has 0 spiro atoms. The Hall–Kier alpha value is -6.30. The molecule has 0 aliphatic carbocycles. The lowest BCUT2D eigenvalue weighted by Gasteiger charge is -2.12. The summed E-state index contributed by atoms with van der Waals surface area (Å²) in [5.74, 6) is 0. The highest BCUT2D eigenvalue weighted by atomic mass is 32.1. The van der Waals surface area contributed by atoms with E-state index in [1.165, 1.54) is 31.7 Å². The van der Waals surface area contributed by atoms with Crippen LogP contribution < -0.4 is 0 Å². The smallest absolute Gasteiger partial charge is 0.0900 e. The van der Waals surface area contributed by atoms with Crippen LogP contribution in [0.2, 0.25) is 0 Å². The number of benzene rings is 4. The number of fused-ring (bicyclic) bond motifs is 3. The summed E-state index contributed by atoms with van der Waals surface area (Å²) in [5, 5.41) is 2.29. The van der Waals surface area contributed by atoms with E-state index in [4.69, 9.17) is 9.97 Å². The molecular weight excluding hydrogens is 617 g/mol. The van der Waals surface area contributed by atoms with Crippen LogP contribution in [-0.2, 0) is 0 Å². The quantitative estimate of drug-likeness (QED) is 0.181. The van der Waals surface area contributed by atoms with Crippen molar-refractivity contribution < 1.29 is 0 Å². The topological polar surface area (TPSA) is 51.6 Å². The molecule has 0 unspecified atom stereocenters. The molecule has 0 fully saturated rings. The highest BCUT2D eigenvalue weighted by molar-refractivity contribution is 7.24. The van der Waals surface area contributed by atoms with Crippen molar-refractivity contribution in [3.05, 3.63) is 170 Å². The van der Waals surface area contributed by atoms with Crippen LogP contribution >= 0.6 is 11.3 Å². The normalized spacial score (nSPS) is 11.3. The number of hydrogen-bond donors (Lipinski definition) is 0. The second-order valence-corrected chi connectivity index (χ2v) is 12.9. The molecule has 230 valence electrons. The lowest BCUT2D eigenvalue weighted by Crippen LogP contribution is -1.94. The molecule has 4 nitrogen and oxygen atoms in total. The summed E-state index contributed by atoms with van der Waals surface area (Å²) in [6, 6.07) is 54.7. The van der Waals surface area contributed by atoms with Crippen molar-refractivity contribution in [1.29, 1.82) is 0 Å². The molecule has 0 saturated heterocycles. The predicted molar refractivity (Wildman–Crippen MR) is 203 cm³/mol. The third kappa shape index (κ3) is 5.36. The Morgan fingerprint density at radius 3 is 1.57 bits per heavy atom. The summed E-state index contributed by atoms with van der Waals surface area (Å²) in [5.41, 5.74) is 12.0. The summed E-state index contributed by atoms with van der Waals surface area (Å²) < 4.78 is 1.22. The van der Waals surface area contributed by atoms with Crippen molar-refractivity contribution in [2.24, 2.45) is 0 Å². The molecule has 0 atom stereocenters. The lowest BCUT2D eigenvalue weighted by molar-refractivity contribution is 1.22. The first-order chi connectivity index (χ1) is 24.3. The summed E-state index contributed by atoms with van der Waals surface area (Å²) >= 11 is 1.84. The summed E-state index contributed by atoms with van der Waals surface area (Å²) in [7, 11) is 0. The largest absolute Gasteiger partial charge is 0.255 e. The predicted octanol–water partition coefficient (Wildman–Crippen LogP) is 11.6. The number of hydrogen-bond acceptors (Lipinski definition) is 5. The minimum Gasteiger partial charge on any atom is -0.255 e. The Labute approximate surface area is 288 Å². The molecule has 0 aliphatic rings. The van der Waals surface area contributed by atoms with Crippen LogP contribution in [0, 0.1) is 0 Å². The van der Waals surface area contributed by atoms with E-state index in [-0.39, 0.29) is 0 Å². The van der Waals surface area contributed by atoms with Crippen LogP contribution in [0.25, 0.3) is 87.7 Å². The second-order valence-electron chi connectivity index (χ2n) is 11.9. The van der Waals surface area contributed by atoms with Gasteiger partial charge in [-0.2, -0.15) is 0 Å². The van der Waals surface area contributed by atoms with Crippen LogP contribution in [0.1, 0.15) is 0 Å². The molecule has 5 heterocycles. The van der Waals surface area contributed by atoms with Gasteiger partial charge in [0.25, 0.3) is 0 Å². The maximum Gasteiger partial charge on any atom is 0.0900 e. The van der Waals surface area contributed by atoms with Crippen LogP contribution in [0.15, 0.2) is 170 Å². The minimum absolute atomic E-state index is 0.801. The highest BCUT2D eigenvalue weighted by Crippen LogP contribution is 2.50. The monoisotopic (exact) mass is 644 g/mol. The molecular formula is C44H28N4S. The molecule has 5 heteroatoms. The zero-order valence-corrected chi connectivity index (χ0v) is 27.2. The Morgan fingerprint density at radius 2 is 0.980 bits per heavy atom. The summed E-state index contributed by atoms with van der Waals surface area (Å²) in [6.07, 6.45) is 3.61. The van der Waals surface area contributed by atoms with E-state index in [2.05, 4.69) is 131 Å². The molecule has 5 aromatic heterocycles. The van der Waals surface area contributed by atoms with E-state index in [1.807, 2.05) is 47.7 Å². The first kappa shape index (κ1) is 28.9. The van der Waals surface area contributed by atoms with Gasteiger partial charge >= 0.3 is 0 Å². The average molecular weight is 645 g/mol. The van der Waals surface area contributed by atoms with Gasteiger partial charge in [-0.3, -0.25) is 9.97 Å². The van der Waals surface area contributed by atoms with E-state index in [0.717, 1.165) is 56.1 Å². The molecule has 0 amide bonds. The van der Waals surface area contributed by atoms with Gasteiger partial charge in [-0.1, -0.05) is 109 Å². The zero-order chi connectivity index (χ0) is 32.6. The van der Waals surface area contributed by atoms with Gasteiger partial charge in [0.15, 0.2) is 0 Å². The number of rotatable bonds is 6. The number of pyridine rings is 4. The molecule has 0 bridgehead atoms. The fourth-order valence-corrected chi connectivity index (χ4v) is 7.84. The Balaban J connectivity index is 1.34. The van der Waals surface area contributed by atoms with Gasteiger partial charge in [-0.25, -0.2) is 9.97 Å². The average Bonchev–Trinajstić information content (AvgIpc) is 3.60. The fourth-order valence-electron chi connectivity index (χ4n) is 6.48. The molecule has 0 radical (unpaired) electrons. The Kier molecular flexibility index (Phi) is 7.30. The van der Waals surface area contributed by atoms with Crippen molar-refractivity contribution in [2.45, 2.75) is 0 Å². The fraction of sp³-hybridized carbons (Fsp3) is 0. The number of nitrogens with zero attached hydrogens (tertiary/aromatic N) is 4. The third-order valence-corrected chi connectivity index (χ3v) is 10.0. The highest BCUT2D eigenvalue weighted by Gasteiger charge is 2.23. The lowest BCUT2D eigenvalue weighted by atomic mass is 9.94. The van der Waals surface area contributed by atoms with Gasteiger partial charge in [0.05, 0.1) is 34.0 Å². The van der Waals surface area contributed by atoms with Crippen LogP contribution in [0.5, 0.6) is 0 Å². The second kappa shape index (κ2) is 12.4. The molecule has 9 aromatic rings. The van der Waals surface area contributed by atoms with E-state index in [9.17, 15) is 0 Å². The molecule has 9 rings (SSSR count). The van der Waals surface area contributed by atoms with E-state index in [0.29, 0.717) is 0 Å². The standard InChI is InChI=1S/C44H28N4S/c1-4-14-29(15-5-1)40-41-42(30-16-6-2-7-17-30)48-35-23-22-32(26-34(35)44(41)49-43(40)31-18-8-3-9-19-31)33-27-38(36-20-10-12-24-45-36)47-39(28-33)37-21-11-13-25-46-37/h1-28H. The molecule has 0 aliphatic heterocycles.